The second-order valence-electron chi connectivity index (χ2n) is 7.42. The van der Waals surface area contributed by atoms with Gasteiger partial charge in [-0.15, -0.1) is 0 Å². The van der Waals surface area contributed by atoms with Gasteiger partial charge in [0, 0.05) is 0 Å². The number of aliphatic hydroxyl groups is 1. The molecule has 4 aliphatic carbocycles. The zero-order valence-corrected chi connectivity index (χ0v) is 16.1. The van der Waals surface area contributed by atoms with E-state index in [-0.39, 0.29) is 43.0 Å². The Bertz CT molecular complexity index is 510. The van der Waals surface area contributed by atoms with Crippen molar-refractivity contribution in [2.24, 2.45) is 23.2 Å². The zero-order valence-electron chi connectivity index (χ0n) is 14.2. The van der Waals surface area contributed by atoms with Crippen molar-refractivity contribution in [1.82, 2.24) is 0 Å². The molecule has 0 radical (unpaired) electrons. The number of ether oxygens (including phenoxy) is 1. The van der Waals surface area contributed by atoms with Crippen molar-refractivity contribution in [3.63, 3.8) is 0 Å². The van der Waals surface area contributed by atoms with Gasteiger partial charge in [0.05, 0.1) is 12.7 Å². The molecule has 0 heterocycles. The van der Waals surface area contributed by atoms with E-state index < -0.39 is 28.1 Å². The summed E-state index contributed by atoms with van der Waals surface area (Å²) in [4.78, 5) is 0. The maximum Gasteiger partial charge on any atom is 1.00 e. The van der Waals surface area contributed by atoms with Gasteiger partial charge in [0.15, 0.2) is 0 Å². The summed E-state index contributed by atoms with van der Waals surface area (Å²) >= 11 is 0. The van der Waals surface area contributed by atoms with E-state index in [1.54, 1.807) is 0 Å². The smallest absolute Gasteiger partial charge is 1.00 e. The molecule has 1 atom stereocenters. The van der Waals surface area contributed by atoms with Gasteiger partial charge in [0.1, 0.15) is 6.61 Å². The summed E-state index contributed by atoms with van der Waals surface area (Å²) < 4.78 is 60.4. The van der Waals surface area contributed by atoms with Gasteiger partial charge >= 0.3 is 44.9 Å². The van der Waals surface area contributed by atoms with E-state index in [0.29, 0.717) is 17.8 Å². The first-order valence-corrected chi connectivity index (χ1v) is 9.16. The van der Waals surface area contributed by atoms with Crippen molar-refractivity contribution >= 4 is 10.1 Å². The number of aliphatic hydroxyl groups excluding tert-OH is 1. The molecule has 4 bridgehead atoms. The van der Waals surface area contributed by atoms with Crippen molar-refractivity contribution in [2.75, 3.05) is 13.2 Å². The summed E-state index contributed by atoms with van der Waals surface area (Å²) in [7, 11) is -5.49. The van der Waals surface area contributed by atoms with Crippen molar-refractivity contribution in [2.45, 2.75) is 49.9 Å². The van der Waals surface area contributed by atoms with Crippen molar-refractivity contribution in [3.8, 4) is 0 Å². The Morgan fingerprint density at radius 2 is 1.61 bits per heavy atom. The van der Waals surface area contributed by atoms with Gasteiger partial charge in [-0.3, -0.25) is 4.55 Å². The van der Waals surface area contributed by atoms with Gasteiger partial charge in [-0.2, -0.15) is 17.2 Å². The minimum atomic E-state index is -5.49. The van der Waals surface area contributed by atoms with E-state index in [1.165, 1.54) is 19.3 Å². The average molecular weight is 364 g/mol. The molecule has 23 heavy (non-hydrogen) atoms. The Morgan fingerprint density at radius 3 is 2.00 bits per heavy atom. The molecule has 0 aromatic heterocycles. The fourth-order valence-corrected chi connectivity index (χ4v) is 5.36. The van der Waals surface area contributed by atoms with Crippen LogP contribution in [0.5, 0.6) is 0 Å². The molecule has 5 nitrogen and oxygen atoms in total. The monoisotopic (exact) mass is 364 g/mol. The second kappa shape index (κ2) is 6.78. The normalized spacial score (nSPS) is 37.5. The molecule has 0 aromatic rings. The molecule has 0 saturated heterocycles. The van der Waals surface area contributed by atoms with E-state index in [2.05, 4.69) is 0 Å². The topological polar surface area (TPSA) is 83.8 Å². The van der Waals surface area contributed by atoms with E-state index >= 15 is 0 Å². The van der Waals surface area contributed by atoms with Crippen molar-refractivity contribution in [3.05, 3.63) is 0 Å². The van der Waals surface area contributed by atoms with Crippen LogP contribution in [0.2, 0.25) is 0 Å². The van der Waals surface area contributed by atoms with Crippen LogP contribution in [0.15, 0.2) is 0 Å². The quantitative estimate of drug-likeness (QED) is 0.475. The number of hydrogen-bond acceptors (Lipinski definition) is 4. The number of hydrogen-bond donors (Lipinski definition) is 2. The molecule has 4 rings (SSSR count). The molecule has 1 unspecified atom stereocenters. The molecule has 0 aliphatic heterocycles. The zero-order chi connectivity index (χ0) is 16.2. The van der Waals surface area contributed by atoms with Gasteiger partial charge in [-0.25, -0.2) is 0 Å². The summed E-state index contributed by atoms with van der Waals surface area (Å²) in [5, 5.41) is 6.09. The first-order chi connectivity index (χ1) is 10.1. The molecule has 9 heteroatoms. The van der Waals surface area contributed by atoms with Crippen LogP contribution < -0.4 is 29.6 Å². The Balaban J connectivity index is 0.00000144. The van der Waals surface area contributed by atoms with E-state index in [9.17, 15) is 22.3 Å². The summed E-state index contributed by atoms with van der Waals surface area (Å²) in [5.41, 5.74) is -0.262. The summed E-state index contributed by atoms with van der Waals surface area (Å²) in [6.07, 6.45) is 5.45. The minimum absolute atomic E-state index is 0. The van der Waals surface area contributed by atoms with Crippen LogP contribution in [0.1, 0.15) is 40.0 Å². The molecule has 2 N–H and O–H groups in total. The van der Waals surface area contributed by atoms with Gasteiger partial charge in [0.2, 0.25) is 0 Å². The van der Waals surface area contributed by atoms with Crippen LogP contribution in [0.25, 0.3) is 0 Å². The summed E-state index contributed by atoms with van der Waals surface area (Å²) in [6, 6.07) is 0. The first kappa shape index (κ1) is 20.0. The van der Waals surface area contributed by atoms with Crippen LogP contribution in [0, 0.1) is 23.2 Å². The van der Waals surface area contributed by atoms with Crippen LogP contribution in [-0.2, 0) is 14.9 Å². The van der Waals surface area contributed by atoms with Gasteiger partial charge in [0.25, 0.3) is 0 Å². The maximum atomic E-state index is 13.1. The Kier molecular flexibility index (Phi) is 5.89. The van der Waals surface area contributed by atoms with Gasteiger partial charge in [-0.1, -0.05) is 0 Å². The van der Waals surface area contributed by atoms with E-state index in [4.69, 9.17) is 9.29 Å². The minimum Gasteiger partial charge on any atom is -1.00 e. The molecule has 4 fully saturated rings. The molecule has 130 valence electrons. The third kappa shape index (κ3) is 3.93. The predicted octanol–water partition coefficient (Wildman–Crippen LogP) is -0.823. The van der Waals surface area contributed by atoms with Crippen molar-refractivity contribution in [1.29, 1.82) is 0 Å². The number of alkyl halides is 2. The third-order valence-electron chi connectivity index (χ3n) is 5.72. The summed E-state index contributed by atoms with van der Waals surface area (Å²) in [5.74, 6) is 1.83. The first-order valence-electron chi connectivity index (χ1n) is 7.72. The van der Waals surface area contributed by atoms with E-state index in [1.807, 2.05) is 0 Å². The average Bonchev–Trinajstić information content (AvgIpc) is 2.35. The molecule has 0 aromatic carbocycles. The fourth-order valence-electron chi connectivity index (χ4n) is 5.13. The Morgan fingerprint density at radius 1 is 1.17 bits per heavy atom. The summed E-state index contributed by atoms with van der Waals surface area (Å²) in [6.45, 7) is -1.76. The van der Waals surface area contributed by atoms with Gasteiger partial charge in [-0.05, 0) is 61.7 Å². The maximum absolute atomic E-state index is 13.1. The van der Waals surface area contributed by atoms with Crippen LogP contribution in [-0.4, -0.2) is 42.6 Å². The molecular weight excluding hydrogens is 341 g/mol. The predicted molar refractivity (Wildman–Crippen MR) is 75.0 cm³/mol. The standard InChI is InChI=1S/C14H22F2O5S.Na.H/c15-14(16,22(18,19)20)8-21-7-12(17)13-4-9-1-10(5-13)3-11(2-9)6-13;;/h9-12,17H,1-8H2,(H,18,19,20);;/q;+1;-1. The largest absolute Gasteiger partial charge is 1.00 e. The molecule has 4 saturated carbocycles. The number of rotatable bonds is 6. The third-order valence-corrected chi connectivity index (χ3v) is 6.59. The molecular formula is C14H23F2NaO5S. The van der Waals surface area contributed by atoms with Gasteiger partial charge < -0.3 is 11.3 Å². The molecule has 0 amide bonds. The fraction of sp³-hybridized carbons (Fsp3) is 1.00. The Hall–Kier alpha value is 0.690. The second-order valence-corrected chi connectivity index (χ2v) is 8.97. The SMILES string of the molecule is O=S(=O)(O)C(F)(F)COCC(O)C12CC3CC(CC(C3)C1)C2.[H-].[Na+]. The molecule has 0 spiro atoms. The molecule has 4 aliphatic rings. The van der Waals surface area contributed by atoms with Crippen LogP contribution >= 0.6 is 0 Å². The van der Waals surface area contributed by atoms with Crippen LogP contribution in [0.3, 0.4) is 0 Å². The van der Waals surface area contributed by atoms with E-state index in [0.717, 1.165) is 19.3 Å². The van der Waals surface area contributed by atoms with Crippen molar-refractivity contribution < 1.29 is 62.6 Å². The number of halogens is 2. The Labute approximate surface area is 158 Å². The van der Waals surface area contributed by atoms with Crippen LogP contribution in [0.4, 0.5) is 8.78 Å².